The molecule has 0 saturated heterocycles. The van der Waals surface area contributed by atoms with E-state index in [2.05, 4.69) is 27.1 Å². The quantitative estimate of drug-likeness (QED) is 0.211. The van der Waals surface area contributed by atoms with E-state index in [0.29, 0.717) is 0 Å². The summed E-state index contributed by atoms with van der Waals surface area (Å²) >= 11 is 2.42. The third-order valence-electron chi connectivity index (χ3n) is 2.79. The standard InChI is InChI=1S/C12H26IO4P/c13-11-9-7-5-3-1-2-4-6-8-10-12-17-18(14,15)16/h1-12H2,(H2,14,15,16). The molecular formula is C12H26IO4P. The fourth-order valence-corrected chi connectivity index (χ4v) is 2.70. The van der Waals surface area contributed by atoms with Crippen molar-refractivity contribution < 1.29 is 18.9 Å². The van der Waals surface area contributed by atoms with E-state index >= 15 is 0 Å². The van der Waals surface area contributed by atoms with E-state index in [-0.39, 0.29) is 6.61 Å². The summed E-state index contributed by atoms with van der Waals surface area (Å²) < 4.78 is 16.0. The van der Waals surface area contributed by atoms with Crippen LogP contribution in [0.1, 0.15) is 64.2 Å². The Morgan fingerprint density at radius 1 is 0.778 bits per heavy atom. The monoisotopic (exact) mass is 392 g/mol. The van der Waals surface area contributed by atoms with Crippen molar-refractivity contribution in [2.75, 3.05) is 11.0 Å². The van der Waals surface area contributed by atoms with Gasteiger partial charge in [-0.05, 0) is 17.3 Å². The maximum Gasteiger partial charge on any atom is 0.469 e. The summed E-state index contributed by atoms with van der Waals surface area (Å²) in [5.74, 6) is 0. The summed E-state index contributed by atoms with van der Waals surface area (Å²) in [7, 11) is -4.25. The van der Waals surface area contributed by atoms with Gasteiger partial charge in [-0.25, -0.2) is 4.57 Å². The van der Waals surface area contributed by atoms with Gasteiger partial charge in [0.05, 0.1) is 6.61 Å². The zero-order chi connectivity index (χ0) is 13.7. The molecule has 4 nitrogen and oxygen atoms in total. The van der Waals surface area contributed by atoms with Crippen LogP contribution in [-0.2, 0) is 9.09 Å². The molecule has 0 aromatic rings. The topological polar surface area (TPSA) is 66.8 Å². The second-order valence-electron chi connectivity index (χ2n) is 4.55. The molecule has 0 bridgehead atoms. The summed E-state index contributed by atoms with van der Waals surface area (Å²) in [6.45, 7) is 0.167. The lowest BCUT2D eigenvalue weighted by Gasteiger charge is -2.05. The number of phosphoric acid groups is 1. The lowest BCUT2D eigenvalue weighted by atomic mass is 10.1. The molecule has 0 aromatic carbocycles. The molecule has 0 saturated carbocycles. The van der Waals surface area contributed by atoms with Crippen molar-refractivity contribution in [3.8, 4) is 0 Å². The first kappa shape index (κ1) is 18.8. The van der Waals surface area contributed by atoms with Crippen molar-refractivity contribution in [1.29, 1.82) is 0 Å². The Morgan fingerprint density at radius 2 is 1.17 bits per heavy atom. The van der Waals surface area contributed by atoms with E-state index < -0.39 is 7.82 Å². The lowest BCUT2D eigenvalue weighted by Crippen LogP contribution is -1.92. The van der Waals surface area contributed by atoms with Crippen LogP contribution in [-0.4, -0.2) is 20.8 Å². The van der Waals surface area contributed by atoms with Crippen molar-refractivity contribution in [3.63, 3.8) is 0 Å². The fourth-order valence-electron chi connectivity index (χ4n) is 1.79. The Balaban J connectivity index is 3.01. The normalized spacial score (nSPS) is 11.9. The van der Waals surface area contributed by atoms with Gasteiger partial charge in [-0.3, -0.25) is 4.52 Å². The van der Waals surface area contributed by atoms with Crippen LogP contribution < -0.4 is 0 Å². The highest BCUT2D eigenvalue weighted by atomic mass is 127. The SMILES string of the molecule is O=P(O)(O)OCCCCCCCCCCCCI. The molecule has 6 heteroatoms. The minimum absolute atomic E-state index is 0.167. The number of hydrogen-bond acceptors (Lipinski definition) is 2. The largest absolute Gasteiger partial charge is 0.469 e. The molecule has 0 unspecified atom stereocenters. The van der Waals surface area contributed by atoms with Gasteiger partial charge >= 0.3 is 7.82 Å². The van der Waals surface area contributed by atoms with E-state index in [9.17, 15) is 4.57 Å². The molecule has 2 N–H and O–H groups in total. The molecule has 0 atom stereocenters. The fraction of sp³-hybridized carbons (Fsp3) is 1.00. The van der Waals surface area contributed by atoms with Gasteiger partial charge in [0.1, 0.15) is 0 Å². The van der Waals surface area contributed by atoms with Gasteiger partial charge in [-0.1, -0.05) is 74.0 Å². The number of unbranched alkanes of at least 4 members (excludes halogenated alkanes) is 9. The highest BCUT2D eigenvalue weighted by Gasteiger charge is 2.12. The number of hydrogen-bond donors (Lipinski definition) is 2. The minimum Gasteiger partial charge on any atom is -0.303 e. The lowest BCUT2D eigenvalue weighted by molar-refractivity contribution is 0.193. The predicted octanol–water partition coefficient (Wildman–Crippen LogP) is 4.43. The van der Waals surface area contributed by atoms with Gasteiger partial charge in [0.25, 0.3) is 0 Å². The first-order valence-corrected chi connectivity index (χ1v) is 9.88. The third kappa shape index (κ3) is 16.8. The van der Waals surface area contributed by atoms with Gasteiger partial charge in [0.2, 0.25) is 0 Å². The van der Waals surface area contributed by atoms with Crippen LogP contribution in [0.5, 0.6) is 0 Å². The van der Waals surface area contributed by atoms with Crippen LogP contribution in [0.3, 0.4) is 0 Å². The Bertz CT molecular complexity index is 220. The van der Waals surface area contributed by atoms with Crippen LogP contribution in [0.2, 0.25) is 0 Å². The third-order valence-corrected chi connectivity index (χ3v) is 4.07. The van der Waals surface area contributed by atoms with Gasteiger partial charge < -0.3 is 9.79 Å². The maximum atomic E-state index is 10.4. The van der Waals surface area contributed by atoms with Gasteiger partial charge in [-0.2, -0.15) is 0 Å². The number of alkyl halides is 1. The zero-order valence-electron chi connectivity index (χ0n) is 11.0. The molecule has 0 aromatic heterocycles. The van der Waals surface area contributed by atoms with Crippen molar-refractivity contribution in [2.45, 2.75) is 64.2 Å². The highest BCUT2D eigenvalue weighted by molar-refractivity contribution is 14.1. The molecule has 18 heavy (non-hydrogen) atoms. The van der Waals surface area contributed by atoms with E-state index in [1.54, 1.807) is 0 Å². The molecule has 0 fully saturated rings. The van der Waals surface area contributed by atoms with E-state index in [0.717, 1.165) is 19.3 Å². The number of rotatable bonds is 13. The Kier molecular flexibility index (Phi) is 13.5. The molecule has 0 radical (unpaired) electrons. The minimum atomic E-state index is -4.25. The van der Waals surface area contributed by atoms with Crippen molar-refractivity contribution in [1.82, 2.24) is 0 Å². The predicted molar refractivity (Wildman–Crippen MR) is 83.1 cm³/mol. The summed E-state index contributed by atoms with van der Waals surface area (Å²) in [6.07, 6.45) is 12.1. The molecule has 0 heterocycles. The smallest absolute Gasteiger partial charge is 0.303 e. The molecule has 0 aliphatic rings. The second-order valence-corrected chi connectivity index (χ2v) is 6.87. The van der Waals surface area contributed by atoms with Crippen molar-refractivity contribution in [2.24, 2.45) is 0 Å². The zero-order valence-corrected chi connectivity index (χ0v) is 14.1. The van der Waals surface area contributed by atoms with Gasteiger partial charge in [0.15, 0.2) is 0 Å². The Labute approximate surface area is 124 Å². The average Bonchev–Trinajstić information content (AvgIpc) is 2.29. The van der Waals surface area contributed by atoms with E-state index in [1.165, 1.54) is 49.4 Å². The van der Waals surface area contributed by atoms with Crippen molar-refractivity contribution in [3.05, 3.63) is 0 Å². The average molecular weight is 392 g/mol. The van der Waals surface area contributed by atoms with Crippen LogP contribution in [0, 0.1) is 0 Å². The summed E-state index contributed by atoms with van der Waals surface area (Å²) in [5, 5.41) is 0. The Hall–Kier alpha value is 0.840. The van der Waals surface area contributed by atoms with Gasteiger partial charge in [0, 0.05) is 0 Å². The number of phosphoric ester groups is 1. The Morgan fingerprint density at radius 3 is 1.56 bits per heavy atom. The van der Waals surface area contributed by atoms with Crippen LogP contribution in [0.4, 0.5) is 0 Å². The molecule has 0 amide bonds. The molecular weight excluding hydrogens is 366 g/mol. The van der Waals surface area contributed by atoms with E-state index in [4.69, 9.17) is 9.79 Å². The van der Waals surface area contributed by atoms with Crippen LogP contribution in [0.25, 0.3) is 0 Å². The summed E-state index contributed by atoms with van der Waals surface area (Å²) in [5.41, 5.74) is 0. The molecule has 0 aliphatic carbocycles. The highest BCUT2D eigenvalue weighted by Crippen LogP contribution is 2.35. The van der Waals surface area contributed by atoms with Crippen LogP contribution >= 0.6 is 30.4 Å². The molecule has 110 valence electrons. The first-order valence-electron chi connectivity index (χ1n) is 6.82. The molecule has 0 spiro atoms. The molecule has 0 aliphatic heterocycles. The van der Waals surface area contributed by atoms with Crippen LogP contribution in [0.15, 0.2) is 0 Å². The number of halogens is 1. The first-order chi connectivity index (χ1) is 8.56. The second kappa shape index (κ2) is 12.9. The summed E-state index contributed by atoms with van der Waals surface area (Å²) in [4.78, 5) is 16.9. The maximum absolute atomic E-state index is 10.4. The van der Waals surface area contributed by atoms with Crippen molar-refractivity contribution >= 4 is 30.4 Å². The summed E-state index contributed by atoms with van der Waals surface area (Å²) in [6, 6.07) is 0. The van der Waals surface area contributed by atoms with Gasteiger partial charge in [-0.15, -0.1) is 0 Å². The molecule has 0 rings (SSSR count). The van der Waals surface area contributed by atoms with E-state index in [1.807, 2.05) is 0 Å².